The Kier molecular flexibility index (Phi) is 3.25. The van der Waals surface area contributed by atoms with Crippen LogP contribution in [-0.2, 0) is 0 Å². The maximum Gasteiger partial charge on any atom is 0.227 e. The molecule has 19 heavy (non-hydrogen) atoms. The van der Waals surface area contributed by atoms with Gasteiger partial charge in [0.1, 0.15) is 0 Å². The molecule has 0 fully saturated rings. The van der Waals surface area contributed by atoms with Crippen molar-refractivity contribution in [1.82, 2.24) is 9.97 Å². The summed E-state index contributed by atoms with van der Waals surface area (Å²) in [6.45, 7) is 2.07. The summed E-state index contributed by atoms with van der Waals surface area (Å²) in [5.74, 6) is 0.618. The van der Waals surface area contributed by atoms with Crippen LogP contribution in [0.4, 0.5) is 11.6 Å². The fraction of sp³-hybridized carbons (Fsp3) is 0.0667. The molecular weight excluding hydrogens is 254 g/mol. The van der Waals surface area contributed by atoms with Crippen LogP contribution in [0, 0.1) is 6.92 Å². The van der Waals surface area contributed by atoms with Gasteiger partial charge in [-0.2, -0.15) is 11.3 Å². The Labute approximate surface area is 116 Å². The Morgan fingerprint density at radius 2 is 1.89 bits per heavy atom. The molecule has 0 radical (unpaired) electrons. The minimum atomic E-state index is 0.618. The third-order valence-corrected chi connectivity index (χ3v) is 3.46. The van der Waals surface area contributed by atoms with E-state index in [4.69, 9.17) is 0 Å². The number of aryl methyl sites for hydroxylation is 1. The minimum absolute atomic E-state index is 0.618. The van der Waals surface area contributed by atoms with Gasteiger partial charge in [0.15, 0.2) is 0 Å². The first-order valence-electron chi connectivity index (χ1n) is 6.00. The fourth-order valence-electron chi connectivity index (χ4n) is 1.76. The van der Waals surface area contributed by atoms with Gasteiger partial charge in [-0.25, -0.2) is 9.97 Å². The molecule has 0 saturated carbocycles. The Morgan fingerprint density at radius 3 is 2.63 bits per heavy atom. The second kappa shape index (κ2) is 5.20. The molecule has 94 valence electrons. The van der Waals surface area contributed by atoms with Gasteiger partial charge < -0.3 is 5.32 Å². The highest BCUT2D eigenvalue weighted by atomic mass is 32.1. The van der Waals surface area contributed by atoms with Crippen LogP contribution in [0.5, 0.6) is 0 Å². The molecule has 0 bridgehead atoms. The van der Waals surface area contributed by atoms with E-state index in [-0.39, 0.29) is 0 Å². The summed E-state index contributed by atoms with van der Waals surface area (Å²) >= 11 is 1.67. The van der Waals surface area contributed by atoms with E-state index in [0.717, 1.165) is 16.9 Å². The molecule has 0 atom stereocenters. The molecule has 0 unspecified atom stereocenters. The highest BCUT2D eigenvalue weighted by Crippen LogP contribution is 2.21. The van der Waals surface area contributed by atoms with E-state index in [0.29, 0.717) is 5.95 Å². The largest absolute Gasteiger partial charge is 0.324 e. The van der Waals surface area contributed by atoms with Crippen molar-refractivity contribution < 1.29 is 0 Å². The van der Waals surface area contributed by atoms with E-state index in [1.807, 2.05) is 23.6 Å². The zero-order valence-electron chi connectivity index (χ0n) is 10.5. The molecule has 4 heteroatoms. The quantitative estimate of drug-likeness (QED) is 0.770. The average molecular weight is 267 g/mol. The third kappa shape index (κ3) is 2.80. The Balaban J connectivity index is 1.85. The van der Waals surface area contributed by atoms with Gasteiger partial charge in [0.05, 0.1) is 5.69 Å². The number of nitrogens with one attached hydrogen (secondary N) is 1. The van der Waals surface area contributed by atoms with Crippen LogP contribution >= 0.6 is 11.3 Å². The average Bonchev–Trinajstić information content (AvgIpc) is 2.96. The smallest absolute Gasteiger partial charge is 0.227 e. The topological polar surface area (TPSA) is 37.8 Å². The normalized spacial score (nSPS) is 10.4. The van der Waals surface area contributed by atoms with Crippen LogP contribution in [0.2, 0.25) is 0 Å². The van der Waals surface area contributed by atoms with Crippen molar-refractivity contribution in [3.63, 3.8) is 0 Å². The van der Waals surface area contributed by atoms with Crippen molar-refractivity contribution in [2.45, 2.75) is 6.92 Å². The lowest BCUT2D eigenvalue weighted by molar-refractivity contribution is 1.17. The van der Waals surface area contributed by atoms with Gasteiger partial charge >= 0.3 is 0 Å². The summed E-state index contributed by atoms with van der Waals surface area (Å²) in [5, 5.41) is 7.34. The number of thiophene rings is 1. The van der Waals surface area contributed by atoms with Crippen LogP contribution in [0.15, 0.2) is 53.4 Å². The van der Waals surface area contributed by atoms with Crippen molar-refractivity contribution in [1.29, 1.82) is 0 Å². The van der Waals surface area contributed by atoms with E-state index >= 15 is 0 Å². The molecule has 0 aliphatic carbocycles. The first kappa shape index (κ1) is 11.9. The molecule has 2 aromatic heterocycles. The molecule has 3 aromatic rings. The molecule has 1 aromatic carbocycles. The summed E-state index contributed by atoms with van der Waals surface area (Å²) < 4.78 is 0. The predicted octanol–water partition coefficient (Wildman–Crippen LogP) is 4.26. The lowest BCUT2D eigenvalue weighted by Gasteiger charge is -2.06. The summed E-state index contributed by atoms with van der Waals surface area (Å²) in [6.07, 6.45) is 1.77. The number of anilines is 2. The maximum atomic E-state index is 4.52. The SMILES string of the molecule is Cc1ccc(Nc2nccc(-c3ccsc3)n2)cc1. The van der Waals surface area contributed by atoms with Crippen molar-refractivity contribution in [2.75, 3.05) is 5.32 Å². The summed E-state index contributed by atoms with van der Waals surface area (Å²) in [4.78, 5) is 8.77. The molecule has 0 aliphatic heterocycles. The van der Waals surface area contributed by atoms with Gasteiger partial charge in [-0.05, 0) is 36.6 Å². The standard InChI is InChI=1S/C15H13N3S/c1-11-2-4-13(5-3-11)17-15-16-8-6-14(18-15)12-7-9-19-10-12/h2-10H,1H3,(H,16,17,18). The number of hydrogen-bond acceptors (Lipinski definition) is 4. The molecular formula is C15H13N3S. The molecule has 2 heterocycles. The van der Waals surface area contributed by atoms with E-state index < -0.39 is 0 Å². The van der Waals surface area contributed by atoms with Crippen LogP contribution in [-0.4, -0.2) is 9.97 Å². The van der Waals surface area contributed by atoms with Crippen molar-refractivity contribution >= 4 is 23.0 Å². The van der Waals surface area contributed by atoms with Gasteiger partial charge in [0.25, 0.3) is 0 Å². The summed E-state index contributed by atoms with van der Waals surface area (Å²) in [6, 6.07) is 12.1. The molecule has 0 saturated heterocycles. The zero-order valence-corrected chi connectivity index (χ0v) is 11.3. The highest BCUT2D eigenvalue weighted by Gasteiger charge is 2.02. The Morgan fingerprint density at radius 1 is 1.05 bits per heavy atom. The first-order chi connectivity index (χ1) is 9.31. The first-order valence-corrected chi connectivity index (χ1v) is 6.95. The monoisotopic (exact) mass is 267 g/mol. The van der Waals surface area contributed by atoms with E-state index in [1.54, 1.807) is 17.5 Å². The fourth-order valence-corrected chi connectivity index (χ4v) is 2.41. The predicted molar refractivity (Wildman–Crippen MR) is 79.8 cm³/mol. The lowest BCUT2D eigenvalue weighted by Crippen LogP contribution is -1.97. The number of aromatic nitrogens is 2. The maximum absolute atomic E-state index is 4.52. The van der Waals surface area contributed by atoms with Crippen molar-refractivity contribution in [3.05, 3.63) is 58.9 Å². The van der Waals surface area contributed by atoms with Crippen molar-refractivity contribution in [3.8, 4) is 11.3 Å². The van der Waals surface area contributed by atoms with Gasteiger partial charge in [0.2, 0.25) is 5.95 Å². The Hall–Kier alpha value is -2.20. The van der Waals surface area contributed by atoms with Gasteiger partial charge in [-0.15, -0.1) is 0 Å². The number of hydrogen-bond donors (Lipinski definition) is 1. The van der Waals surface area contributed by atoms with E-state index in [2.05, 4.69) is 45.8 Å². The van der Waals surface area contributed by atoms with Crippen LogP contribution in [0.25, 0.3) is 11.3 Å². The second-order valence-corrected chi connectivity index (χ2v) is 5.05. The molecule has 3 nitrogen and oxygen atoms in total. The lowest BCUT2D eigenvalue weighted by atomic mass is 10.2. The summed E-state index contributed by atoms with van der Waals surface area (Å²) in [5.41, 5.74) is 4.29. The van der Waals surface area contributed by atoms with E-state index in [9.17, 15) is 0 Å². The molecule has 0 amide bonds. The number of benzene rings is 1. The molecule has 3 rings (SSSR count). The van der Waals surface area contributed by atoms with Crippen LogP contribution in [0.1, 0.15) is 5.56 Å². The summed E-state index contributed by atoms with van der Waals surface area (Å²) in [7, 11) is 0. The van der Waals surface area contributed by atoms with Gasteiger partial charge in [-0.3, -0.25) is 0 Å². The van der Waals surface area contributed by atoms with Gasteiger partial charge in [-0.1, -0.05) is 17.7 Å². The molecule has 0 spiro atoms. The Bertz CT molecular complexity index is 660. The highest BCUT2D eigenvalue weighted by molar-refractivity contribution is 7.08. The van der Waals surface area contributed by atoms with Crippen LogP contribution < -0.4 is 5.32 Å². The van der Waals surface area contributed by atoms with Crippen molar-refractivity contribution in [2.24, 2.45) is 0 Å². The second-order valence-electron chi connectivity index (χ2n) is 4.27. The minimum Gasteiger partial charge on any atom is -0.324 e. The van der Waals surface area contributed by atoms with E-state index in [1.165, 1.54) is 5.56 Å². The van der Waals surface area contributed by atoms with Crippen LogP contribution in [0.3, 0.4) is 0 Å². The van der Waals surface area contributed by atoms with Gasteiger partial charge in [0, 0.05) is 22.8 Å². The molecule has 1 N–H and O–H groups in total. The number of rotatable bonds is 3. The number of nitrogens with zero attached hydrogens (tertiary/aromatic N) is 2. The zero-order chi connectivity index (χ0) is 13.1. The third-order valence-electron chi connectivity index (χ3n) is 2.78. The molecule has 0 aliphatic rings.